The average molecular weight is 316 g/mol. The van der Waals surface area contributed by atoms with Crippen LogP contribution in [0.5, 0.6) is 0 Å². The molecule has 0 bridgehead atoms. The van der Waals surface area contributed by atoms with E-state index in [1.165, 1.54) is 0 Å². The van der Waals surface area contributed by atoms with Crippen LogP contribution in [0.3, 0.4) is 0 Å². The van der Waals surface area contributed by atoms with Gasteiger partial charge in [0, 0.05) is 0 Å². The van der Waals surface area contributed by atoms with Crippen LogP contribution in [-0.4, -0.2) is 33.4 Å². The monoisotopic (exact) mass is 316 g/mol. The van der Waals surface area contributed by atoms with E-state index in [0.29, 0.717) is 25.7 Å². The largest absolute Gasteiger partial charge is 0.481 e. The molecule has 0 rings (SSSR count). The Hall–Kier alpha value is -1.10. The van der Waals surface area contributed by atoms with Crippen LogP contribution in [0.2, 0.25) is 0 Å². The Labute approximate surface area is 133 Å². The third-order valence-electron chi connectivity index (χ3n) is 4.34. The Morgan fingerprint density at radius 1 is 0.773 bits per heavy atom. The zero-order chi connectivity index (χ0) is 17.4. The lowest BCUT2D eigenvalue weighted by Crippen LogP contribution is -2.23. The van der Waals surface area contributed by atoms with E-state index in [1.54, 1.807) is 27.7 Å². The lowest BCUT2D eigenvalue weighted by molar-refractivity contribution is -0.148. The van der Waals surface area contributed by atoms with E-state index >= 15 is 0 Å². The molecular weight excluding hydrogens is 284 g/mol. The van der Waals surface area contributed by atoms with E-state index in [2.05, 4.69) is 0 Å². The number of carboxylic acids is 2. The number of aliphatic carboxylic acids is 2. The predicted octanol–water partition coefficient (Wildman–Crippen LogP) is 3.69. The molecule has 5 heteroatoms. The summed E-state index contributed by atoms with van der Waals surface area (Å²) in [5, 5.41) is 27.9. The molecule has 0 saturated heterocycles. The number of carbonyl (C=O) groups is 2. The van der Waals surface area contributed by atoms with Gasteiger partial charge in [-0.3, -0.25) is 9.59 Å². The molecule has 0 unspecified atom stereocenters. The van der Waals surface area contributed by atoms with Gasteiger partial charge in [0.25, 0.3) is 0 Å². The number of aliphatic hydroxyl groups is 1. The Morgan fingerprint density at radius 3 is 1.36 bits per heavy atom. The summed E-state index contributed by atoms with van der Waals surface area (Å²) < 4.78 is 0. The second-order valence-corrected chi connectivity index (χ2v) is 7.52. The normalized spacial score (nSPS) is 12.6. The van der Waals surface area contributed by atoms with E-state index in [0.717, 1.165) is 25.7 Å². The first-order chi connectivity index (χ1) is 9.99. The third kappa shape index (κ3) is 8.37. The number of carboxylic acid groups (broad SMARTS) is 2. The zero-order valence-electron chi connectivity index (χ0n) is 14.4. The van der Waals surface area contributed by atoms with Crippen molar-refractivity contribution < 1.29 is 24.9 Å². The summed E-state index contributed by atoms with van der Waals surface area (Å²) in [7, 11) is 0. The van der Waals surface area contributed by atoms with E-state index in [4.69, 9.17) is 10.2 Å². The number of unbranched alkanes of at least 4 members (excludes halogenated alkanes) is 2. The van der Waals surface area contributed by atoms with Gasteiger partial charge in [0.1, 0.15) is 0 Å². The molecule has 0 aliphatic carbocycles. The highest BCUT2D eigenvalue weighted by molar-refractivity contribution is 5.73. The molecule has 0 heterocycles. The summed E-state index contributed by atoms with van der Waals surface area (Å²) in [5.41, 5.74) is -1.40. The molecule has 0 saturated carbocycles. The predicted molar refractivity (Wildman–Crippen MR) is 85.8 cm³/mol. The van der Waals surface area contributed by atoms with Gasteiger partial charge in [0.15, 0.2) is 0 Å². The first-order valence-corrected chi connectivity index (χ1v) is 8.14. The first kappa shape index (κ1) is 20.9. The molecule has 0 aliphatic heterocycles. The second kappa shape index (κ2) is 9.13. The fourth-order valence-electron chi connectivity index (χ4n) is 2.25. The van der Waals surface area contributed by atoms with Crippen LogP contribution >= 0.6 is 0 Å². The SMILES string of the molecule is CC(C)(CCCCC(O)CCCCC(C)(C)C(=O)O)C(=O)O. The van der Waals surface area contributed by atoms with E-state index in [1.807, 2.05) is 0 Å². The van der Waals surface area contributed by atoms with Gasteiger partial charge < -0.3 is 15.3 Å². The summed E-state index contributed by atoms with van der Waals surface area (Å²) in [5.74, 6) is -1.57. The third-order valence-corrected chi connectivity index (χ3v) is 4.34. The van der Waals surface area contributed by atoms with E-state index in [9.17, 15) is 14.7 Å². The highest BCUT2D eigenvalue weighted by Crippen LogP contribution is 2.26. The Morgan fingerprint density at radius 2 is 1.09 bits per heavy atom. The molecule has 0 aromatic carbocycles. The maximum Gasteiger partial charge on any atom is 0.309 e. The van der Waals surface area contributed by atoms with Crippen molar-refractivity contribution in [1.29, 1.82) is 0 Å². The van der Waals surface area contributed by atoms with Crippen molar-refractivity contribution in [2.75, 3.05) is 0 Å². The van der Waals surface area contributed by atoms with Crippen LogP contribution in [-0.2, 0) is 9.59 Å². The first-order valence-electron chi connectivity index (χ1n) is 8.14. The van der Waals surface area contributed by atoms with E-state index in [-0.39, 0.29) is 6.10 Å². The molecule has 5 nitrogen and oxygen atoms in total. The van der Waals surface area contributed by atoms with Gasteiger partial charge in [-0.15, -0.1) is 0 Å². The molecule has 0 fully saturated rings. The molecule has 130 valence electrons. The summed E-state index contributed by atoms with van der Waals surface area (Å²) in [6.07, 6.45) is 5.43. The minimum absolute atomic E-state index is 0.374. The average Bonchev–Trinajstić information content (AvgIpc) is 2.39. The van der Waals surface area contributed by atoms with Crippen molar-refractivity contribution in [2.45, 2.75) is 85.2 Å². The van der Waals surface area contributed by atoms with Crippen molar-refractivity contribution in [3.8, 4) is 0 Å². The minimum atomic E-state index is -0.783. The van der Waals surface area contributed by atoms with Gasteiger partial charge in [-0.05, 0) is 53.4 Å². The summed E-state index contributed by atoms with van der Waals surface area (Å²) in [6, 6.07) is 0. The number of aliphatic hydroxyl groups excluding tert-OH is 1. The maximum absolute atomic E-state index is 11.0. The molecular formula is C17H32O5. The molecule has 0 aliphatic rings. The summed E-state index contributed by atoms with van der Waals surface area (Å²) in [6.45, 7) is 6.87. The molecule has 3 N–H and O–H groups in total. The maximum atomic E-state index is 11.0. The smallest absolute Gasteiger partial charge is 0.309 e. The molecule has 0 atom stereocenters. The van der Waals surface area contributed by atoms with Crippen LogP contribution in [0.15, 0.2) is 0 Å². The molecule has 0 amide bonds. The fraction of sp³-hybridized carbons (Fsp3) is 0.882. The zero-order valence-corrected chi connectivity index (χ0v) is 14.4. The van der Waals surface area contributed by atoms with E-state index < -0.39 is 22.8 Å². The van der Waals surface area contributed by atoms with Gasteiger partial charge >= 0.3 is 11.9 Å². The second-order valence-electron chi connectivity index (χ2n) is 7.52. The van der Waals surface area contributed by atoms with Crippen LogP contribution < -0.4 is 0 Å². The molecule has 0 spiro atoms. The summed E-state index contributed by atoms with van der Waals surface area (Å²) in [4.78, 5) is 21.9. The Balaban J connectivity index is 3.73. The fourth-order valence-corrected chi connectivity index (χ4v) is 2.25. The van der Waals surface area contributed by atoms with Crippen molar-refractivity contribution in [2.24, 2.45) is 10.8 Å². The highest BCUT2D eigenvalue weighted by atomic mass is 16.4. The standard InChI is InChI=1S/C17H32O5/c1-16(2,14(19)20)11-7-5-9-13(18)10-6-8-12-17(3,4)15(21)22/h13,18H,5-12H2,1-4H3,(H,19,20)(H,21,22). The van der Waals surface area contributed by atoms with Gasteiger partial charge in [-0.1, -0.05) is 25.7 Å². The molecule has 0 radical (unpaired) electrons. The number of rotatable bonds is 12. The van der Waals surface area contributed by atoms with Crippen molar-refractivity contribution in [1.82, 2.24) is 0 Å². The van der Waals surface area contributed by atoms with Gasteiger partial charge in [-0.2, -0.15) is 0 Å². The number of hydrogen-bond acceptors (Lipinski definition) is 3. The molecule has 22 heavy (non-hydrogen) atoms. The Bertz CT molecular complexity index is 326. The van der Waals surface area contributed by atoms with Gasteiger partial charge in [0.2, 0.25) is 0 Å². The minimum Gasteiger partial charge on any atom is -0.481 e. The lowest BCUT2D eigenvalue weighted by Gasteiger charge is -2.20. The van der Waals surface area contributed by atoms with Crippen LogP contribution in [0.1, 0.15) is 79.1 Å². The number of hydrogen-bond donors (Lipinski definition) is 3. The lowest BCUT2D eigenvalue weighted by atomic mass is 9.86. The van der Waals surface area contributed by atoms with Gasteiger partial charge in [0.05, 0.1) is 16.9 Å². The van der Waals surface area contributed by atoms with Crippen LogP contribution in [0.25, 0.3) is 0 Å². The quantitative estimate of drug-likeness (QED) is 0.477. The Kier molecular flexibility index (Phi) is 8.68. The van der Waals surface area contributed by atoms with Gasteiger partial charge in [-0.25, -0.2) is 0 Å². The van der Waals surface area contributed by atoms with Crippen molar-refractivity contribution >= 4 is 11.9 Å². The summed E-state index contributed by atoms with van der Waals surface area (Å²) >= 11 is 0. The van der Waals surface area contributed by atoms with Crippen LogP contribution in [0.4, 0.5) is 0 Å². The van der Waals surface area contributed by atoms with Crippen molar-refractivity contribution in [3.05, 3.63) is 0 Å². The van der Waals surface area contributed by atoms with Crippen molar-refractivity contribution in [3.63, 3.8) is 0 Å². The molecule has 0 aromatic heterocycles. The highest BCUT2D eigenvalue weighted by Gasteiger charge is 2.27. The molecule has 0 aromatic rings. The topological polar surface area (TPSA) is 94.8 Å². The van der Waals surface area contributed by atoms with Crippen LogP contribution in [0, 0.1) is 10.8 Å².